The Bertz CT molecular complexity index is 490. The number of fused-ring (bicyclic) bond motifs is 1. The standard InChI is InChI=1S/C11H13N2O2/c1-12-8-6-4-5-7-9(8)13(2)10(12)11(14)15-3/h4-7H,1-3H3/q+1. The molecule has 4 heteroatoms. The molecule has 0 amide bonds. The number of aromatic nitrogens is 2. The summed E-state index contributed by atoms with van der Waals surface area (Å²) < 4.78 is 8.42. The molecule has 2 aromatic rings. The first-order valence-electron chi connectivity index (χ1n) is 4.68. The summed E-state index contributed by atoms with van der Waals surface area (Å²) in [4.78, 5) is 11.6. The fourth-order valence-electron chi connectivity index (χ4n) is 1.85. The molecule has 0 unspecified atom stereocenters. The summed E-state index contributed by atoms with van der Waals surface area (Å²) in [6.07, 6.45) is 0. The molecule has 4 nitrogen and oxygen atoms in total. The number of carbonyl (C=O) groups is 1. The summed E-state index contributed by atoms with van der Waals surface area (Å²) in [5, 5.41) is 0. The van der Waals surface area contributed by atoms with E-state index in [-0.39, 0.29) is 5.97 Å². The predicted octanol–water partition coefficient (Wildman–Crippen LogP) is 0.789. The van der Waals surface area contributed by atoms with Gasteiger partial charge < -0.3 is 4.74 Å². The van der Waals surface area contributed by atoms with E-state index >= 15 is 0 Å². The second kappa shape index (κ2) is 3.38. The Morgan fingerprint density at radius 1 is 1.40 bits per heavy atom. The number of hydrogen-bond acceptors (Lipinski definition) is 2. The molecule has 0 fully saturated rings. The van der Waals surface area contributed by atoms with E-state index in [1.54, 1.807) is 0 Å². The van der Waals surface area contributed by atoms with Gasteiger partial charge in [0.25, 0.3) is 0 Å². The molecule has 0 aliphatic rings. The van der Waals surface area contributed by atoms with Crippen LogP contribution >= 0.6 is 0 Å². The minimum atomic E-state index is -0.323. The quantitative estimate of drug-likeness (QED) is 0.509. The largest absolute Gasteiger partial charge is 0.460 e. The number of benzene rings is 1. The Hall–Kier alpha value is -1.84. The highest BCUT2D eigenvalue weighted by atomic mass is 16.5. The molecule has 0 aliphatic heterocycles. The number of ether oxygens (including phenoxy) is 1. The molecule has 0 bridgehead atoms. The van der Waals surface area contributed by atoms with Gasteiger partial charge in [-0.1, -0.05) is 12.1 Å². The number of carbonyl (C=O) groups excluding carboxylic acids is 1. The molecule has 1 aromatic heterocycles. The third kappa shape index (κ3) is 1.29. The smallest absolute Gasteiger partial charge is 0.421 e. The minimum absolute atomic E-state index is 0.323. The van der Waals surface area contributed by atoms with Gasteiger partial charge in [0.15, 0.2) is 11.0 Å². The van der Waals surface area contributed by atoms with Crippen molar-refractivity contribution in [2.75, 3.05) is 7.11 Å². The number of nitrogens with zero attached hydrogens (tertiary/aromatic N) is 2. The van der Waals surface area contributed by atoms with Crippen molar-refractivity contribution in [2.24, 2.45) is 14.1 Å². The monoisotopic (exact) mass is 205 g/mol. The molecule has 0 atom stereocenters. The SMILES string of the molecule is COC(=O)c1n(C)c2ccccc2[n+]1C. The molecular weight excluding hydrogens is 192 g/mol. The van der Waals surface area contributed by atoms with Gasteiger partial charge in [-0.15, -0.1) is 0 Å². The molecule has 0 saturated heterocycles. The van der Waals surface area contributed by atoms with Crippen molar-refractivity contribution in [3.8, 4) is 0 Å². The van der Waals surface area contributed by atoms with Gasteiger partial charge in [-0.25, -0.2) is 13.9 Å². The minimum Gasteiger partial charge on any atom is -0.460 e. The van der Waals surface area contributed by atoms with E-state index in [9.17, 15) is 4.79 Å². The summed E-state index contributed by atoms with van der Waals surface area (Å²) in [6.45, 7) is 0. The van der Waals surface area contributed by atoms with Crippen LogP contribution in [0.3, 0.4) is 0 Å². The third-order valence-corrected chi connectivity index (χ3v) is 2.61. The topological polar surface area (TPSA) is 35.1 Å². The van der Waals surface area contributed by atoms with Crippen molar-refractivity contribution >= 4 is 17.0 Å². The molecular formula is C11H13N2O2+. The normalized spacial score (nSPS) is 10.6. The highest BCUT2D eigenvalue weighted by Crippen LogP contribution is 2.12. The lowest BCUT2D eigenvalue weighted by Crippen LogP contribution is -2.36. The summed E-state index contributed by atoms with van der Waals surface area (Å²) in [5.41, 5.74) is 2.03. The molecule has 0 saturated carbocycles. The molecule has 0 aliphatic carbocycles. The number of para-hydroxylation sites is 2. The molecule has 1 heterocycles. The van der Waals surface area contributed by atoms with E-state index in [1.807, 2.05) is 47.5 Å². The van der Waals surface area contributed by atoms with Crippen molar-refractivity contribution in [3.05, 3.63) is 30.1 Å². The lowest BCUT2D eigenvalue weighted by Gasteiger charge is -1.94. The number of methoxy groups -OCH3 is 1. The Morgan fingerprint density at radius 3 is 2.67 bits per heavy atom. The predicted molar refractivity (Wildman–Crippen MR) is 55.4 cm³/mol. The number of hydrogen-bond donors (Lipinski definition) is 0. The maximum Gasteiger partial charge on any atom is 0.421 e. The van der Waals surface area contributed by atoms with Crippen LogP contribution in [0.4, 0.5) is 0 Å². The van der Waals surface area contributed by atoms with Crippen molar-refractivity contribution in [3.63, 3.8) is 0 Å². The first-order chi connectivity index (χ1) is 7.16. The zero-order chi connectivity index (χ0) is 11.0. The van der Waals surface area contributed by atoms with Crippen LogP contribution in [0.15, 0.2) is 24.3 Å². The van der Waals surface area contributed by atoms with Gasteiger partial charge in [-0.05, 0) is 12.1 Å². The van der Waals surface area contributed by atoms with Crippen molar-refractivity contribution < 1.29 is 14.1 Å². The molecule has 0 radical (unpaired) electrons. The maximum absolute atomic E-state index is 11.6. The Kier molecular flexibility index (Phi) is 2.19. The highest BCUT2D eigenvalue weighted by molar-refractivity contribution is 5.87. The van der Waals surface area contributed by atoms with Crippen LogP contribution < -0.4 is 4.57 Å². The van der Waals surface area contributed by atoms with Crippen LogP contribution in [-0.4, -0.2) is 17.6 Å². The van der Waals surface area contributed by atoms with Crippen LogP contribution in [0.25, 0.3) is 11.0 Å². The summed E-state index contributed by atoms with van der Waals surface area (Å²) in [5.74, 6) is 0.218. The van der Waals surface area contributed by atoms with E-state index in [2.05, 4.69) is 0 Å². The van der Waals surface area contributed by atoms with Gasteiger partial charge in [-0.2, -0.15) is 0 Å². The maximum atomic E-state index is 11.6. The highest BCUT2D eigenvalue weighted by Gasteiger charge is 2.26. The van der Waals surface area contributed by atoms with Crippen LogP contribution in [-0.2, 0) is 18.8 Å². The van der Waals surface area contributed by atoms with E-state index in [1.165, 1.54) is 7.11 Å². The average Bonchev–Trinajstić information content (AvgIpc) is 2.52. The van der Waals surface area contributed by atoms with Gasteiger partial charge in [0.1, 0.15) is 0 Å². The molecule has 15 heavy (non-hydrogen) atoms. The number of esters is 1. The number of imidazole rings is 1. The first-order valence-corrected chi connectivity index (χ1v) is 4.68. The Morgan fingerprint density at radius 2 is 2.07 bits per heavy atom. The summed E-state index contributed by atoms with van der Waals surface area (Å²) in [7, 11) is 5.10. The first kappa shape index (κ1) is 9.71. The summed E-state index contributed by atoms with van der Waals surface area (Å²) >= 11 is 0. The van der Waals surface area contributed by atoms with Gasteiger partial charge in [0.05, 0.1) is 21.2 Å². The number of aryl methyl sites for hydroxylation is 2. The van der Waals surface area contributed by atoms with Crippen molar-refractivity contribution in [1.29, 1.82) is 0 Å². The van der Waals surface area contributed by atoms with Crippen LogP contribution in [0.1, 0.15) is 10.6 Å². The van der Waals surface area contributed by atoms with Crippen LogP contribution in [0, 0.1) is 0 Å². The molecule has 2 rings (SSSR count). The summed E-state index contributed by atoms with van der Waals surface area (Å²) in [6, 6.07) is 7.84. The second-order valence-electron chi connectivity index (χ2n) is 3.42. The Labute approximate surface area is 87.7 Å². The van der Waals surface area contributed by atoms with E-state index in [4.69, 9.17) is 4.74 Å². The zero-order valence-electron chi connectivity index (χ0n) is 9.02. The zero-order valence-corrected chi connectivity index (χ0v) is 9.02. The average molecular weight is 205 g/mol. The fourth-order valence-corrected chi connectivity index (χ4v) is 1.85. The van der Waals surface area contributed by atoms with Crippen molar-refractivity contribution in [1.82, 2.24) is 4.57 Å². The van der Waals surface area contributed by atoms with Crippen molar-refractivity contribution in [2.45, 2.75) is 0 Å². The van der Waals surface area contributed by atoms with Crippen LogP contribution in [0.2, 0.25) is 0 Å². The van der Waals surface area contributed by atoms with Gasteiger partial charge in [-0.3, -0.25) is 0 Å². The van der Waals surface area contributed by atoms with Gasteiger partial charge in [0.2, 0.25) is 0 Å². The van der Waals surface area contributed by atoms with E-state index < -0.39 is 0 Å². The molecule has 1 aromatic carbocycles. The fraction of sp³-hybridized carbons (Fsp3) is 0.273. The lowest BCUT2D eigenvalue weighted by atomic mass is 10.3. The molecule has 78 valence electrons. The lowest BCUT2D eigenvalue weighted by molar-refractivity contribution is -0.648. The molecule has 0 N–H and O–H groups in total. The Balaban J connectivity index is 2.81. The van der Waals surface area contributed by atoms with E-state index in [0.29, 0.717) is 5.82 Å². The van der Waals surface area contributed by atoms with E-state index in [0.717, 1.165) is 11.0 Å². The molecule has 0 spiro atoms. The van der Waals surface area contributed by atoms with Gasteiger partial charge >= 0.3 is 11.8 Å². The second-order valence-corrected chi connectivity index (χ2v) is 3.42. The van der Waals surface area contributed by atoms with Gasteiger partial charge in [0, 0.05) is 0 Å². The third-order valence-electron chi connectivity index (χ3n) is 2.61. The number of rotatable bonds is 1. The van der Waals surface area contributed by atoms with Crippen LogP contribution in [0.5, 0.6) is 0 Å².